The zero-order valence-corrected chi connectivity index (χ0v) is 16.7. The zero-order chi connectivity index (χ0) is 20.8. The summed E-state index contributed by atoms with van der Waals surface area (Å²) in [4.78, 5) is 42.1. The molecule has 1 N–H and O–H groups in total. The number of carbonyl (C=O) groups is 3. The smallest absolute Gasteiger partial charge is 0.293 e. The summed E-state index contributed by atoms with van der Waals surface area (Å²) in [6, 6.07) is 8.39. The number of methoxy groups -OCH3 is 2. The van der Waals surface area contributed by atoms with Gasteiger partial charge in [0, 0.05) is 31.0 Å². The third kappa shape index (κ3) is 4.75. The molecule has 0 unspecified atom stereocenters. The van der Waals surface area contributed by atoms with Crippen molar-refractivity contribution < 1.29 is 23.9 Å². The summed E-state index contributed by atoms with van der Waals surface area (Å²) in [6.45, 7) is 0.244. The number of thioether (sulfide) groups is 1. The quantitative estimate of drug-likeness (QED) is 0.697. The molecule has 1 aliphatic rings. The molecule has 0 radical (unpaired) electrons. The lowest BCUT2D eigenvalue weighted by Crippen LogP contribution is -2.37. The van der Waals surface area contributed by atoms with Gasteiger partial charge in [-0.2, -0.15) is 0 Å². The van der Waals surface area contributed by atoms with Crippen molar-refractivity contribution in [2.75, 3.05) is 27.3 Å². The van der Waals surface area contributed by atoms with Gasteiger partial charge >= 0.3 is 0 Å². The fourth-order valence-electron chi connectivity index (χ4n) is 2.67. The van der Waals surface area contributed by atoms with Crippen LogP contribution < -0.4 is 14.8 Å². The first-order valence-corrected chi connectivity index (χ1v) is 9.50. The molecule has 1 fully saturated rings. The lowest BCUT2D eigenvalue weighted by atomic mass is 10.2. The van der Waals surface area contributed by atoms with Crippen molar-refractivity contribution in [1.29, 1.82) is 0 Å². The number of imide groups is 1. The van der Waals surface area contributed by atoms with Gasteiger partial charge in [0.25, 0.3) is 17.1 Å². The molecule has 3 rings (SSSR count). The van der Waals surface area contributed by atoms with E-state index >= 15 is 0 Å². The van der Waals surface area contributed by atoms with Crippen molar-refractivity contribution in [2.45, 2.75) is 0 Å². The molecule has 3 amide bonds. The first-order valence-electron chi connectivity index (χ1n) is 8.69. The highest BCUT2D eigenvalue weighted by atomic mass is 32.2. The summed E-state index contributed by atoms with van der Waals surface area (Å²) in [6.07, 6.45) is 4.66. The van der Waals surface area contributed by atoms with Gasteiger partial charge in [-0.15, -0.1) is 0 Å². The molecule has 0 saturated carbocycles. The Balaban J connectivity index is 1.63. The van der Waals surface area contributed by atoms with Crippen molar-refractivity contribution in [2.24, 2.45) is 0 Å². The molecule has 0 bridgehead atoms. The molecule has 1 saturated heterocycles. The Morgan fingerprint density at radius 1 is 1.14 bits per heavy atom. The number of amides is 3. The average Bonchev–Trinajstić information content (AvgIpc) is 3.01. The molecule has 8 nitrogen and oxygen atoms in total. The lowest BCUT2D eigenvalue weighted by Gasteiger charge is -2.13. The minimum Gasteiger partial charge on any atom is -0.493 e. The highest BCUT2D eigenvalue weighted by Crippen LogP contribution is 2.34. The van der Waals surface area contributed by atoms with Gasteiger partial charge in [-0.25, -0.2) is 0 Å². The van der Waals surface area contributed by atoms with Gasteiger partial charge in [-0.05, 0) is 47.7 Å². The van der Waals surface area contributed by atoms with Crippen molar-refractivity contribution in [3.05, 3.63) is 58.8 Å². The average molecular weight is 413 g/mol. The Bertz CT molecular complexity index is 962. The molecule has 0 atom stereocenters. The van der Waals surface area contributed by atoms with E-state index in [1.165, 1.54) is 26.6 Å². The third-order valence-electron chi connectivity index (χ3n) is 4.14. The number of rotatable bonds is 7. The molecule has 9 heteroatoms. The van der Waals surface area contributed by atoms with Crippen LogP contribution in [-0.4, -0.2) is 54.2 Å². The maximum atomic E-state index is 12.6. The van der Waals surface area contributed by atoms with Crippen LogP contribution in [0.4, 0.5) is 4.79 Å². The predicted octanol–water partition coefficient (Wildman–Crippen LogP) is 2.57. The van der Waals surface area contributed by atoms with Crippen LogP contribution in [0.3, 0.4) is 0 Å². The monoisotopic (exact) mass is 413 g/mol. The lowest BCUT2D eigenvalue weighted by molar-refractivity contribution is -0.122. The number of nitrogens with zero attached hydrogens (tertiary/aromatic N) is 2. The number of aromatic nitrogens is 1. The van der Waals surface area contributed by atoms with Crippen LogP contribution >= 0.6 is 11.8 Å². The van der Waals surface area contributed by atoms with E-state index in [-0.39, 0.29) is 24.2 Å². The topological polar surface area (TPSA) is 97.8 Å². The number of pyridine rings is 1. The van der Waals surface area contributed by atoms with Crippen molar-refractivity contribution in [3.63, 3.8) is 0 Å². The zero-order valence-electron chi connectivity index (χ0n) is 15.9. The Hall–Kier alpha value is -3.33. The highest BCUT2D eigenvalue weighted by Gasteiger charge is 2.34. The van der Waals surface area contributed by atoms with Gasteiger partial charge < -0.3 is 14.8 Å². The summed E-state index contributed by atoms with van der Waals surface area (Å²) in [7, 11) is 3.06. The largest absolute Gasteiger partial charge is 0.493 e. The minimum atomic E-state index is -0.395. The molecule has 2 aromatic rings. The van der Waals surface area contributed by atoms with Gasteiger partial charge in [0.2, 0.25) is 0 Å². The molecular weight excluding hydrogens is 394 g/mol. The second-order valence-electron chi connectivity index (χ2n) is 5.94. The maximum absolute atomic E-state index is 12.6. The van der Waals surface area contributed by atoms with Crippen LogP contribution in [-0.2, 0) is 4.79 Å². The predicted molar refractivity (Wildman–Crippen MR) is 109 cm³/mol. The second kappa shape index (κ2) is 9.24. The van der Waals surface area contributed by atoms with Crippen LogP contribution in [0.25, 0.3) is 6.08 Å². The maximum Gasteiger partial charge on any atom is 0.293 e. The fraction of sp³-hybridized carbons (Fsp3) is 0.200. The first-order chi connectivity index (χ1) is 14.0. The summed E-state index contributed by atoms with van der Waals surface area (Å²) in [5, 5.41) is 2.31. The van der Waals surface area contributed by atoms with E-state index in [1.54, 1.807) is 36.4 Å². The van der Waals surface area contributed by atoms with Gasteiger partial charge in [0.15, 0.2) is 11.5 Å². The number of carbonyl (C=O) groups excluding carboxylic acids is 3. The van der Waals surface area contributed by atoms with E-state index in [9.17, 15) is 14.4 Å². The van der Waals surface area contributed by atoms with E-state index in [0.29, 0.717) is 27.5 Å². The van der Waals surface area contributed by atoms with Crippen LogP contribution in [0.2, 0.25) is 0 Å². The molecule has 29 heavy (non-hydrogen) atoms. The molecule has 0 aliphatic carbocycles. The molecule has 0 spiro atoms. The minimum absolute atomic E-state index is 0.0881. The molecular formula is C20H19N3O5S. The molecule has 1 aromatic heterocycles. The number of ether oxygens (including phenoxy) is 2. The van der Waals surface area contributed by atoms with Crippen molar-refractivity contribution in [1.82, 2.24) is 15.2 Å². The first kappa shape index (κ1) is 20.4. The Kier molecular flexibility index (Phi) is 6.50. The number of benzene rings is 1. The van der Waals surface area contributed by atoms with Gasteiger partial charge in [0.05, 0.1) is 19.1 Å². The molecule has 1 aliphatic heterocycles. The number of hydrogen-bond donors (Lipinski definition) is 1. The molecule has 2 heterocycles. The van der Waals surface area contributed by atoms with E-state index in [2.05, 4.69) is 10.3 Å². The summed E-state index contributed by atoms with van der Waals surface area (Å²) >= 11 is 0.861. The summed E-state index contributed by atoms with van der Waals surface area (Å²) in [5.74, 6) is 0.412. The normalized spacial score (nSPS) is 15.0. The van der Waals surface area contributed by atoms with E-state index in [1.807, 2.05) is 0 Å². The molecule has 150 valence electrons. The fourth-order valence-corrected chi connectivity index (χ4v) is 3.54. The summed E-state index contributed by atoms with van der Waals surface area (Å²) < 4.78 is 10.4. The van der Waals surface area contributed by atoms with E-state index in [4.69, 9.17) is 9.47 Å². The summed E-state index contributed by atoms with van der Waals surface area (Å²) in [5.41, 5.74) is 1.17. The van der Waals surface area contributed by atoms with Crippen molar-refractivity contribution >= 4 is 34.9 Å². The van der Waals surface area contributed by atoms with Crippen LogP contribution in [0, 0.1) is 0 Å². The van der Waals surface area contributed by atoms with Gasteiger partial charge in [0.1, 0.15) is 0 Å². The number of hydrogen-bond acceptors (Lipinski definition) is 7. The van der Waals surface area contributed by atoms with Crippen molar-refractivity contribution in [3.8, 4) is 11.5 Å². The highest BCUT2D eigenvalue weighted by molar-refractivity contribution is 8.18. The van der Waals surface area contributed by atoms with Crippen LogP contribution in [0.1, 0.15) is 15.9 Å². The SMILES string of the molecule is COc1ccc(/C=C2\SC(=O)N(CCNC(=O)c3ccncc3)C2=O)cc1OC. The van der Waals surface area contributed by atoms with E-state index < -0.39 is 5.91 Å². The molecule has 1 aromatic carbocycles. The van der Waals surface area contributed by atoms with Gasteiger partial charge in [-0.3, -0.25) is 24.3 Å². The number of nitrogens with one attached hydrogen (secondary N) is 1. The van der Waals surface area contributed by atoms with Crippen LogP contribution in [0.5, 0.6) is 11.5 Å². The Morgan fingerprint density at radius 3 is 2.55 bits per heavy atom. The van der Waals surface area contributed by atoms with Crippen LogP contribution in [0.15, 0.2) is 47.6 Å². The van der Waals surface area contributed by atoms with E-state index in [0.717, 1.165) is 16.7 Å². The third-order valence-corrected chi connectivity index (χ3v) is 5.05. The van der Waals surface area contributed by atoms with Gasteiger partial charge in [-0.1, -0.05) is 6.07 Å². The standard InChI is InChI=1S/C20H19N3O5S/c1-27-15-4-3-13(11-16(15)28-2)12-17-19(25)23(20(26)29-17)10-9-22-18(24)14-5-7-21-8-6-14/h3-8,11-12H,9-10H2,1-2H3,(H,22,24)/b17-12-. The Labute approximate surface area is 171 Å². The second-order valence-corrected chi connectivity index (χ2v) is 6.93. The Morgan fingerprint density at radius 2 is 1.86 bits per heavy atom.